The van der Waals surface area contributed by atoms with E-state index in [1.807, 2.05) is 12.1 Å². The SMILES string of the molecule is NC(=O)c1cc(C(N)=O)c(N[C@@H]2CCCC[C@@H]2N)nc1Nc1cccc(-n2nccn2)c1. The Morgan fingerprint density at radius 3 is 2.34 bits per heavy atom. The Balaban J connectivity index is 1.71. The van der Waals surface area contributed by atoms with Gasteiger partial charge in [-0.05, 0) is 37.1 Å². The minimum absolute atomic E-state index is 0.0416. The minimum atomic E-state index is -0.742. The number of amides is 2. The topological polar surface area (TPSA) is 180 Å². The molecule has 166 valence electrons. The molecule has 1 aliphatic carbocycles. The second kappa shape index (κ2) is 9.02. The molecule has 2 amide bonds. The van der Waals surface area contributed by atoms with Crippen LogP contribution in [0.1, 0.15) is 46.4 Å². The molecule has 1 aliphatic rings. The fourth-order valence-electron chi connectivity index (χ4n) is 3.80. The first-order valence-corrected chi connectivity index (χ1v) is 10.3. The molecule has 8 N–H and O–H groups in total. The molecule has 0 bridgehead atoms. The lowest BCUT2D eigenvalue weighted by Gasteiger charge is -2.30. The summed E-state index contributed by atoms with van der Waals surface area (Å²) in [6.07, 6.45) is 6.95. The minimum Gasteiger partial charge on any atom is -0.365 e. The number of carbonyl (C=O) groups is 2. The average molecular weight is 435 g/mol. The maximum Gasteiger partial charge on any atom is 0.252 e. The highest BCUT2D eigenvalue weighted by Gasteiger charge is 2.25. The predicted octanol–water partition coefficient (Wildman–Crippen LogP) is 1.29. The first-order chi connectivity index (χ1) is 15.4. The maximum atomic E-state index is 12.1. The lowest BCUT2D eigenvalue weighted by Crippen LogP contribution is -2.43. The number of aromatic nitrogens is 4. The van der Waals surface area contributed by atoms with Gasteiger partial charge in [0.25, 0.3) is 11.8 Å². The normalized spacial score (nSPS) is 18.2. The molecule has 0 saturated heterocycles. The van der Waals surface area contributed by atoms with Crippen molar-refractivity contribution in [1.82, 2.24) is 20.0 Å². The van der Waals surface area contributed by atoms with Gasteiger partial charge in [-0.1, -0.05) is 18.9 Å². The molecule has 1 saturated carbocycles. The largest absolute Gasteiger partial charge is 0.365 e. The molecule has 4 rings (SSSR count). The van der Waals surface area contributed by atoms with E-state index in [4.69, 9.17) is 17.2 Å². The van der Waals surface area contributed by atoms with Crippen molar-refractivity contribution in [2.45, 2.75) is 37.8 Å². The van der Waals surface area contributed by atoms with E-state index >= 15 is 0 Å². The lowest BCUT2D eigenvalue weighted by atomic mass is 9.91. The first kappa shape index (κ1) is 21.2. The number of nitrogens with zero attached hydrogens (tertiary/aromatic N) is 4. The van der Waals surface area contributed by atoms with E-state index in [2.05, 4.69) is 25.8 Å². The summed E-state index contributed by atoms with van der Waals surface area (Å²) in [5.74, 6) is -1.00. The molecule has 0 radical (unpaired) electrons. The highest BCUT2D eigenvalue weighted by molar-refractivity contribution is 6.04. The number of rotatable bonds is 7. The molecule has 1 fully saturated rings. The third-order valence-electron chi connectivity index (χ3n) is 5.45. The average Bonchev–Trinajstić information content (AvgIpc) is 3.30. The number of carbonyl (C=O) groups excluding carboxylic acids is 2. The molecule has 32 heavy (non-hydrogen) atoms. The molecule has 1 aromatic carbocycles. The number of pyridine rings is 1. The maximum absolute atomic E-state index is 12.1. The van der Waals surface area contributed by atoms with Gasteiger partial charge in [0.1, 0.15) is 11.6 Å². The van der Waals surface area contributed by atoms with Gasteiger partial charge in [-0.15, -0.1) is 0 Å². The van der Waals surface area contributed by atoms with Crippen LogP contribution in [-0.4, -0.2) is 43.9 Å². The number of anilines is 3. The van der Waals surface area contributed by atoms with Crippen molar-refractivity contribution in [2.24, 2.45) is 17.2 Å². The van der Waals surface area contributed by atoms with E-state index < -0.39 is 11.8 Å². The highest BCUT2D eigenvalue weighted by atomic mass is 16.1. The van der Waals surface area contributed by atoms with Gasteiger partial charge in [-0.3, -0.25) is 9.59 Å². The molecule has 3 aromatic rings. The zero-order valence-electron chi connectivity index (χ0n) is 17.4. The van der Waals surface area contributed by atoms with Crippen molar-refractivity contribution >= 4 is 29.1 Å². The summed E-state index contributed by atoms with van der Waals surface area (Å²) in [7, 11) is 0. The van der Waals surface area contributed by atoms with Crippen LogP contribution in [0.25, 0.3) is 5.69 Å². The molecule has 0 spiro atoms. The van der Waals surface area contributed by atoms with E-state index in [-0.39, 0.29) is 34.8 Å². The highest BCUT2D eigenvalue weighted by Crippen LogP contribution is 2.28. The number of hydrogen-bond donors (Lipinski definition) is 5. The molecule has 0 aliphatic heterocycles. The van der Waals surface area contributed by atoms with Crippen molar-refractivity contribution in [3.05, 3.63) is 53.9 Å². The third kappa shape index (κ3) is 4.52. The fraction of sp³-hybridized carbons (Fsp3) is 0.286. The van der Waals surface area contributed by atoms with Crippen LogP contribution in [0.4, 0.5) is 17.3 Å². The van der Waals surface area contributed by atoms with Crippen LogP contribution in [0.3, 0.4) is 0 Å². The van der Waals surface area contributed by atoms with Gasteiger partial charge in [0, 0.05) is 17.8 Å². The number of nitrogens with one attached hydrogen (secondary N) is 2. The van der Waals surface area contributed by atoms with Crippen molar-refractivity contribution in [3.8, 4) is 5.69 Å². The van der Waals surface area contributed by atoms with Crippen LogP contribution < -0.4 is 27.8 Å². The van der Waals surface area contributed by atoms with Gasteiger partial charge < -0.3 is 27.8 Å². The molecule has 11 nitrogen and oxygen atoms in total. The van der Waals surface area contributed by atoms with Crippen LogP contribution in [0.5, 0.6) is 0 Å². The zero-order chi connectivity index (χ0) is 22.7. The number of nitrogens with two attached hydrogens (primary N) is 3. The fourth-order valence-corrected chi connectivity index (χ4v) is 3.80. The standard InChI is InChI=1S/C21H25N9O2/c22-16-6-1-2-7-17(16)28-21-15(19(24)32)11-14(18(23)31)20(29-21)27-12-4-3-5-13(10-12)30-25-8-9-26-30/h3-5,8-11,16-17H,1-2,6-7,22H2,(H2,23,31)(H2,24,32)(H2,27,28,29)/t16-,17+/m0/s1. The predicted molar refractivity (Wildman–Crippen MR) is 120 cm³/mol. The Hall–Kier alpha value is -3.99. The molecular formula is C21H25N9O2. The van der Waals surface area contributed by atoms with Gasteiger partial charge in [0.05, 0.1) is 29.2 Å². The molecule has 0 unspecified atom stereocenters. The second-order valence-electron chi connectivity index (χ2n) is 7.70. The first-order valence-electron chi connectivity index (χ1n) is 10.3. The van der Waals surface area contributed by atoms with E-state index in [0.29, 0.717) is 11.4 Å². The van der Waals surface area contributed by atoms with E-state index in [1.165, 1.54) is 10.9 Å². The van der Waals surface area contributed by atoms with Crippen molar-refractivity contribution in [1.29, 1.82) is 0 Å². The summed E-state index contributed by atoms with van der Waals surface area (Å²) in [5, 5.41) is 14.6. The smallest absolute Gasteiger partial charge is 0.252 e. The molecule has 2 atom stereocenters. The number of primary amides is 2. The van der Waals surface area contributed by atoms with Crippen LogP contribution in [0, 0.1) is 0 Å². The summed E-state index contributed by atoms with van der Waals surface area (Å²) in [6, 6.07) is 8.46. The third-order valence-corrected chi connectivity index (χ3v) is 5.45. The van der Waals surface area contributed by atoms with E-state index in [9.17, 15) is 9.59 Å². The Bertz CT molecular complexity index is 1130. The Kier molecular flexibility index (Phi) is 5.99. The van der Waals surface area contributed by atoms with Crippen LogP contribution in [0.15, 0.2) is 42.7 Å². The Morgan fingerprint density at radius 2 is 1.66 bits per heavy atom. The van der Waals surface area contributed by atoms with Gasteiger partial charge in [0.2, 0.25) is 0 Å². The molecule has 2 aromatic heterocycles. The van der Waals surface area contributed by atoms with Crippen molar-refractivity contribution in [2.75, 3.05) is 10.6 Å². The van der Waals surface area contributed by atoms with E-state index in [1.54, 1.807) is 24.5 Å². The quantitative estimate of drug-likeness (QED) is 0.368. The van der Waals surface area contributed by atoms with Gasteiger partial charge in [-0.25, -0.2) is 4.98 Å². The van der Waals surface area contributed by atoms with Crippen LogP contribution in [-0.2, 0) is 0 Å². The van der Waals surface area contributed by atoms with Gasteiger partial charge in [0.15, 0.2) is 0 Å². The molecule has 11 heteroatoms. The van der Waals surface area contributed by atoms with Crippen molar-refractivity contribution in [3.63, 3.8) is 0 Å². The summed E-state index contributed by atoms with van der Waals surface area (Å²) in [5.41, 5.74) is 18.8. The van der Waals surface area contributed by atoms with Gasteiger partial charge >= 0.3 is 0 Å². The summed E-state index contributed by atoms with van der Waals surface area (Å²) >= 11 is 0. The zero-order valence-corrected chi connectivity index (χ0v) is 17.4. The molecular weight excluding hydrogens is 410 g/mol. The number of benzene rings is 1. The van der Waals surface area contributed by atoms with Crippen molar-refractivity contribution < 1.29 is 9.59 Å². The van der Waals surface area contributed by atoms with Gasteiger partial charge in [-0.2, -0.15) is 15.0 Å². The Labute approximate surface area is 184 Å². The second-order valence-corrected chi connectivity index (χ2v) is 7.70. The summed E-state index contributed by atoms with van der Waals surface area (Å²) in [6.45, 7) is 0. The summed E-state index contributed by atoms with van der Waals surface area (Å²) < 4.78 is 0. The lowest BCUT2D eigenvalue weighted by molar-refractivity contribution is 0.0999. The Morgan fingerprint density at radius 1 is 0.969 bits per heavy atom. The van der Waals surface area contributed by atoms with E-state index in [0.717, 1.165) is 25.7 Å². The van der Waals surface area contributed by atoms with Crippen LogP contribution in [0.2, 0.25) is 0 Å². The summed E-state index contributed by atoms with van der Waals surface area (Å²) in [4.78, 5) is 30.2. The van der Waals surface area contributed by atoms with Crippen LogP contribution >= 0.6 is 0 Å². The molecule has 2 heterocycles. The monoisotopic (exact) mass is 435 g/mol. The number of hydrogen-bond acceptors (Lipinski definition) is 8.